The van der Waals surface area contributed by atoms with E-state index in [0.717, 1.165) is 5.56 Å². The molecule has 0 spiro atoms. The number of carbonyl (C=O) groups is 2. The molecule has 9 heteroatoms. The SMILES string of the molecule is CCOC(=O)C1CCN(C(=O)c2nnn3cc(-c4ccccc4)[nH]c(=O)c23)CC1. The highest BCUT2D eigenvalue weighted by molar-refractivity contribution is 5.98. The third-order valence-corrected chi connectivity index (χ3v) is 5.10. The van der Waals surface area contributed by atoms with E-state index < -0.39 is 5.56 Å². The summed E-state index contributed by atoms with van der Waals surface area (Å²) in [5.41, 5.74) is 1.11. The first-order valence-electron chi connectivity index (χ1n) is 9.58. The number of likely N-dealkylation sites (tertiary alicyclic amines) is 1. The topological polar surface area (TPSA) is 110 Å². The molecule has 0 bridgehead atoms. The lowest BCUT2D eigenvalue weighted by Gasteiger charge is -2.30. The van der Waals surface area contributed by atoms with Crippen molar-refractivity contribution in [2.24, 2.45) is 5.92 Å². The van der Waals surface area contributed by atoms with Crippen molar-refractivity contribution in [2.75, 3.05) is 19.7 Å². The van der Waals surface area contributed by atoms with Gasteiger partial charge in [0.05, 0.1) is 24.4 Å². The fourth-order valence-electron chi connectivity index (χ4n) is 3.57. The molecule has 1 aliphatic heterocycles. The lowest BCUT2D eigenvalue weighted by Crippen LogP contribution is -2.41. The summed E-state index contributed by atoms with van der Waals surface area (Å²) in [6, 6.07) is 9.36. The van der Waals surface area contributed by atoms with Crippen LogP contribution in [0.15, 0.2) is 41.3 Å². The normalized spacial score (nSPS) is 14.9. The highest BCUT2D eigenvalue weighted by atomic mass is 16.5. The van der Waals surface area contributed by atoms with Gasteiger partial charge in [-0.05, 0) is 25.3 Å². The number of hydrogen-bond acceptors (Lipinski definition) is 6. The fourth-order valence-corrected chi connectivity index (χ4v) is 3.57. The van der Waals surface area contributed by atoms with E-state index in [1.54, 1.807) is 18.0 Å². The van der Waals surface area contributed by atoms with Crippen molar-refractivity contribution >= 4 is 17.4 Å². The summed E-state index contributed by atoms with van der Waals surface area (Å²) in [5, 5.41) is 7.93. The van der Waals surface area contributed by atoms with Gasteiger partial charge in [-0.3, -0.25) is 14.4 Å². The smallest absolute Gasteiger partial charge is 0.309 e. The second-order valence-corrected chi connectivity index (χ2v) is 6.91. The molecule has 0 unspecified atom stereocenters. The number of piperidine rings is 1. The van der Waals surface area contributed by atoms with Crippen LogP contribution in [0.25, 0.3) is 16.8 Å². The maximum absolute atomic E-state index is 12.9. The van der Waals surface area contributed by atoms with Crippen molar-refractivity contribution in [2.45, 2.75) is 19.8 Å². The molecule has 1 amide bonds. The number of aromatic nitrogens is 4. The highest BCUT2D eigenvalue weighted by Crippen LogP contribution is 2.21. The van der Waals surface area contributed by atoms with Crippen LogP contribution in [-0.2, 0) is 9.53 Å². The molecule has 3 aromatic rings. The average molecular weight is 395 g/mol. The summed E-state index contributed by atoms with van der Waals surface area (Å²) in [5.74, 6) is -0.786. The molecule has 1 N–H and O–H groups in total. The van der Waals surface area contributed by atoms with Crippen molar-refractivity contribution < 1.29 is 14.3 Å². The zero-order valence-electron chi connectivity index (χ0n) is 16.0. The lowest BCUT2D eigenvalue weighted by molar-refractivity contribution is -0.149. The Morgan fingerprint density at radius 2 is 1.93 bits per heavy atom. The number of carbonyl (C=O) groups excluding carboxylic acids is 2. The minimum absolute atomic E-state index is 0.0143. The van der Waals surface area contributed by atoms with Crippen LogP contribution in [0.1, 0.15) is 30.3 Å². The van der Waals surface area contributed by atoms with Gasteiger partial charge >= 0.3 is 5.97 Å². The minimum Gasteiger partial charge on any atom is -0.466 e. The Morgan fingerprint density at radius 3 is 2.62 bits per heavy atom. The van der Waals surface area contributed by atoms with Crippen LogP contribution in [0.5, 0.6) is 0 Å². The van der Waals surface area contributed by atoms with Gasteiger partial charge in [-0.15, -0.1) is 5.10 Å². The number of aromatic amines is 1. The zero-order valence-corrected chi connectivity index (χ0v) is 16.0. The van der Waals surface area contributed by atoms with Gasteiger partial charge in [-0.25, -0.2) is 4.52 Å². The summed E-state index contributed by atoms with van der Waals surface area (Å²) in [7, 11) is 0. The molecule has 1 fully saturated rings. The van der Waals surface area contributed by atoms with Gasteiger partial charge in [0, 0.05) is 13.1 Å². The van der Waals surface area contributed by atoms with Crippen molar-refractivity contribution in [1.29, 1.82) is 0 Å². The molecule has 4 rings (SSSR count). The summed E-state index contributed by atoms with van der Waals surface area (Å²) in [6.45, 7) is 2.93. The van der Waals surface area contributed by atoms with Gasteiger partial charge < -0.3 is 14.6 Å². The second kappa shape index (κ2) is 7.86. The Balaban J connectivity index is 1.56. The van der Waals surface area contributed by atoms with E-state index in [0.29, 0.717) is 38.2 Å². The molecule has 0 radical (unpaired) electrons. The maximum Gasteiger partial charge on any atom is 0.309 e. The quantitative estimate of drug-likeness (QED) is 0.671. The van der Waals surface area contributed by atoms with E-state index in [1.807, 2.05) is 30.3 Å². The third kappa shape index (κ3) is 3.63. The Labute approximate surface area is 166 Å². The molecule has 1 saturated heterocycles. The molecule has 0 saturated carbocycles. The van der Waals surface area contributed by atoms with E-state index in [4.69, 9.17) is 4.74 Å². The predicted molar refractivity (Wildman–Crippen MR) is 104 cm³/mol. The molecule has 1 aliphatic rings. The maximum atomic E-state index is 12.9. The van der Waals surface area contributed by atoms with Crippen molar-refractivity contribution in [1.82, 2.24) is 24.7 Å². The van der Waals surface area contributed by atoms with Crippen LogP contribution >= 0.6 is 0 Å². The monoisotopic (exact) mass is 395 g/mol. The van der Waals surface area contributed by atoms with Gasteiger partial charge in [0.15, 0.2) is 11.2 Å². The molecule has 0 atom stereocenters. The van der Waals surface area contributed by atoms with Crippen molar-refractivity contribution in [3.63, 3.8) is 0 Å². The first-order valence-corrected chi connectivity index (χ1v) is 9.58. The number of benzene rings is 1. The number of H-pyrrole nitrogens is 1. The predicted octanol–water partition coefficient (Wildman–Crippen LogP) is 1.50. The molecule has 2 aromatic heterocycles. The standard InChI is InChI=1S/C20H21N5O4/c1-2-29-20(28)14-8-10-24(11-9-14)19(27)16-17-18(26)21-15(12-25(17)23-22-16)13-6-4-3-5-7-13/h3-7,12,14H,2,8-11H2,1H3,(H,21,26). The van der Waals surface area contributed by atoms with Crippen LogP contribution in [0.3, 0.4) is 0 Å². The van der Waals surface area contributed by atoms with Crippen LogP contribution < -0.4 is 5.56 Å². The number of esters is 1. The number of rotatable bonds is 4. The molecular formula is C20H21N5O4. The Kier molecular flexibility index (Phi) is 5.11. The Bertz CT molecular complexity index is 1100. The van der Waals surface area contributed by atoms with E-state index >= 15 is 0 Å². The number of hydrogen-bond donors (Lipinski definition) is 1. The molecule has 150 valence electrons. The first-order chi connectivity index (χ1) is 14.1. The largest absolute Gasteiger partial charge is 0.466 e. The molecule has 3 heterocycles. The second-order valence-electron chi connectivity index (χ2n) is 6.91. The molecular weight excluding hydrogens is 374 g/mol. The molecule has 1 aromatic carbocycles. The molecule has 9 nitrogen and oxygen atoms in total. The minimum atomic E-state index is -0.430. The van der Waals surface area contributed by atoms with Crippen LogP contribution in [0.4, 0.5) is 0 Å². The molecule has 0 aliphatic carbocycles. The summed E-state index contributed by atoms with van der Waals surface area (Å²) < 4.78 is 6.39. The van der Waals surface area contributed by atoms with Crippen LogP contribution in [0, 0.1) is 5.92 Å². The summed E-state index contributed by atoms with van der Waals surface area (Å²) in [4.78, 5) is 41.9. The van der Waals surface area contributed by atoms with Crippen molar-refractivity contribution in [3.8, 4) is 11.3 Å². The van der Waals surface area contributed by atoms with Crippen LogP contribution in [-0.4, -0.2) is 56.3 Å². The fraction of sp³-hybridized carbons (Fsp3) is 0.350. The molecule has 29 heavy (non-hydrogen) atoms. The van der Waals surface area contributed by atoms with Gasteiger partial charge in [-0.2, -0.15) is 0 Å². The average Bonchev–Trinajstić information content (AvgIpc) is 3.19. The van der Waals surface area contributed by atoms with Gasteiger partial charge in [0.2, 0.25) is 0 Å². The van der Waals surface area contributed by atoms with Gasteiger partial charge in [-0.1, -0.05) is 35.5 Å². The Hall–Kier alpha value is -3.49. The number of ether oxygens (including phenoxy) is 1. The van der Waals surface area contributed by atoms with E-state index in [1.165, 1.54) is 4.52 Å². The van der Waals surface area contributed by atoms with E-state index in [2.05, 4.69) is 15.3 Å². The number of amides is 1. The summed E-state index contributed by atoms with van der Waals surface area (Å²) >= 11 is 0. The van der Waals surface area contributed by atoms with E-state index in [9.17, 15) is 14.4 Å². The number of nitrogens with zero attached hydrogens (tertiary/aromatic N) is 4. The third-order valence-electron chi connectivity index (χ3n) is 5.10. The van der Waals surface area contributed by atoms with Gasteiger partial charge in [0.25, 0.3) is 11.5 Å². The Morgan fingerprint density at radius 1 is 1.21 bits per heavy atom. The lowest BCUT2D eigenvalue weighted by atomic mass is 9.97. The zero-order chi connectivity index (χ0) is 20.4. The van der Waals surface area contributed by atoms with Crippen LogP contribution in [0.2, 0.25) is 0 Å². The highest BCUT2D eigenvalue weighted by Gasteiger charge is 2.31. The number of fused-ring (bicyclic) bond motifs is 1. The van der Waals surface area contributed by atoms with Gasteiger partial charge in [0.1, 0.15) is 0 Å². The summed E-state index contributed by atoms with van der Waals surface area (Å²) in [6.07, 6.45) is 2.69. The van der Waals surface area contributed by atoms with Crippen molar-refractivity contribution in [3.05, 3.63) is 52.6 Å². The first kappa shape index (κ1) is 18.9. The number of nitrogens with one attached hydrogen (secondary N) is 1. The van der Waals surface area contributed by atoms with E-state index in [-0.39, 0.29) is 29.0 Å².